The Morgan fingerprint density at radius 1 is 0.970 bits per heavy atom. The number of nitrogens with zero attached hydrogens (tertiary/aromatic N) is 3. The summed E-state index contributed by atoms with van der Waals surface area (Å²) < 4.78 is 5.69. The van der Waals surface area contributed by atoms with Gasteiger partial charge in [0, 0.05) is 5.38 Å². The lowest BCUT2D eigenvalue weighted by Crippen LogP contribution is -2.33. The number of rotatable bonds is 1. The molecule has 1 aliphatic heterocycles. The van der Waals surface area contributed by atoms with Crippen LogP contribution < -0.4 is 16.0 Å². The summed E-state index contributed by atoms with van der Waals surface area (Å²) in [7, 11) is 0. The maximum atomic E-state index is 13.0. The topological polar surface area (TPSA) is 139 Å². The standard InChI is InChI=1S/C21H24N6O4S2/c1-8(2)14-21-25-12(7-32-21)16(28)24-10(4)20-22-6-13(33-20)17(29)23-9(3)19-27-15(11(5)31-19)18(30)26-14/h6-10,14H,1-5H3,(H,23,29)(H,24,28)(H,26,30)/t9-,10-,14-/m1/s1. The first-order valence-corrected chi connectivity index (χ1v) is 12.1. The third-order valence-electron chi connectivity index (χ3n) is 5.19. The van der Waals surface area contributed by atoms with Gasteiger partial charge in [-0.15, -0.1) is 22.7 Å². The molecule has 0 unspecified atom stereocenters. The van der Waals surface area contributed by atoms with Crippen LogP contribution in [0.4, 0.5) is 0 Å². The minimum atomic E-state index is -0.568. The van der Waals surface area contributed by atoms with Gasteiger partial charge < -0.3 is 20.4 Å². The van der Waals surface area contributed by atoms with Crippen molar-refractivity contribution in [1.29, 1.82) is 0 Å². The lowest BCUT2D eigenvalue weighted by atomic mass is 10.0. The van der Waals surface area contributed by atoms with Crippen LogP contribution in [0.3, 0.4) is 0 Å². The van der Waals surface area contributed by atoms with Crippen molar-refractivity contribution in [2.75, 3.05) is 0 Å². The number of aromatic nitrogens is 3. The van der Waals surface area contributed by atoms with Crippen molar-refractivity contribution in [3.8, 4) is 0 Å². The Balaban J connectivity index is 1.75. The highest BCUT2D eigenvalue weighted by Gasteiger charge is 2.28. The van der Waals surface area contributed by atoms with Crippen LogP contribution in [0.15, 0.2) is 16.0 Å². The van der Waals surface area contributed by atoms with Crippen molar-refractivity contribution >= 4 is 40.4 Å². The van der Waals surface area contributed by atoms with Crippen LogP contribution >= 0.6 is 22.7 Å². The molecule has 0 fully saturated rings. The van der Waals surface area contributed by atoms with E-state index in [9.17, 15) is 14.4 Å². The molecule has 3 amide bonds. The molecule has 1 aliphatic rings. The molecule has 0 aromatic carbocycles. The van der Waals surface area contributed by atoms with Gasteiger partial charge in [0.05, 0.1) is 18.3 Å². The molecule has 0 aliphatic carbocycles. The summed E-state index contributed by atoms with van der Waals surface area (Å²) in [6.45, 7) is 9.08. The Kier molecular flexibility index (Phi) is 6.30. The quantitative estimate of drug-likeness (QED) is 0.477. The van der Waals surface area contributed by atoms with Crippen molar-refractivity contribution in [2.45, 2.75) is 52.7 Å². The molecular weight excluding hydrogens is 464 g/mol. The molecule has 10 nitrogen and oxygen atoms in total. The number of carbonyl (C=O) groups is 3. The Bertz CT molecular complexity index is 1210. The Hall–Kier alpha value is -3.12. The highest BCUT2D eigenvalue weighted by atomic mass is 32.1. The minimum absolute atomic E-state index is 0.0131. The monoisotopic (exact) mass is 488 g/mol. The van der Waals surface area contributed by atoms with Crippen LogP contribution in [0.5, 0.6) is 0 Å². The van der Waals surface area contributed by atoms with E-state index in [0.29, 0.717) is 20.7 Å². The molecule has 3 aromatic heterocycles. The predicted octanol–water partition coefficient (Wildman–Crippen LogP) is 3.32. The normalized spacial score (nSPS) is 21.8. The number of oxazole rings is 1. The van der Waals surface area contributed by atoms with E-state index < -0.39 is 24.0 Å². The Labute approximate surface area is 198 Å². The zero-order valence-electron chi connectivity index (χ0n) is 18.8. The third kappa shape index (κ3) is 4.67. The maximum absolute atomic E-state index is 13.0. The van der Waals surface area contributed by atoms with E-state index in [0.717, 1.165) is 0 Å². The van der Waals surface area contributed by atoms with Crippen LogP contribution in [0.25, 0.3) is 0 Å². The second-order valence-electron chi connectivity index (χ2n) is 8.18. The highest BCUT2D eigenvalue weighted by Crippen LogP contribution is 2.27. The summed E-state index contributed by atoms with van der Waals surface area (Å²) in [5.41, 5.74) is 0.396. The molecule has 0 saturated heterocycles. The predicted molar refractivity (Wildman–Crippen MR) is 122 cm³/mol. The third-order valence-corrected chi connectivity index (χ3v) is 7.29. The molecule has 6 bridgehead atoms. The first-order chi connectivity index (χ1) is 15.6. The largest absolute Gasteiger partial charge is 0.443 e. The Morgan fingerprint density at radius 3 is 2.42 bits per heavy atom. The number of amides is 3. The SMILES string of the molecule is Cc1oc2nc1C(=O)N[C@H](C(C)C)c1nc(cs1)C(=O)N[C@H](C)c1ncc(s1)C(=O)N[C@@H]2C. The fraction of sp³-hybridized carbons (Fsp3) is 0.429. The maximum Gasteiger partial charge on any atom is 0.274 e. The van der Waals surface area contributed by atoms with Gasteiger partial charge >= 0.3 is 0 Å². The average molecular weight is 489 g/mol. The van der Waals surface area contributed by atoms with Gasteiger partial charge in [0.25, 0.3) is 17.7 Å². The summed E-state index contributed by atoms with van der Waals surface area (Å²) in [5, 5.41) is 11.5. The number of hydrogen-bond acceptors (Lipinski definition) is 9. The number of carbonyl (C=O) groups excluding carboxylic acids is 3. The van der Waals surface area contributed by atoms with Crippen molar-refractivity contribution in [1.82, 2.24) is 30.9 Å². The lowest BCUT2D eigenvalue weighted by Gasteiger charge is -2.19. The average Bonchev–Trinajstić information content (AvgIpc) is 3.50. The molecule has 4 heterocycles. The van der Waals surface area contributed by atoms with Crippen LogP contribution in [-0.2, 0) is 0 Å². The van der Waals surface area contributed by atoms with Gasteiger partial charge in [-0.25, -0.2) is 15.0 Å². The van der Waals surface area contributed by atoms with Crippen molar-refractivity contribution in [3.63, 3.8) is 0 Å². The van der Waals surface area contributed by atoms with E-state index in [1.807, 2.05) is 13.8 Å². The van der Waals surface area contributed by atoms with Crippen molar-refractivity contribution in [2.24, 2.45) is 5.92 Å². The van der Waals surface area contributed by atoms with E-state index in [1.165, 1.54) is 28.9 Å². The summed E-state index contributed by atoms with van der Waals surface area (Å²) in [6.07, 6.45) is 1.47. The number of hydrogen-bond donors (Lipinski definition) is 3. The van der Waals surface area contributed by atoms with Gasteiger partial charge in [0.1, 0.15) is 32.4 Å². The molecule has 3 aromatic rings. The summed E-state index contributed by atoms with van der Waals surface area (Å²) in [4.78, 5) is 52.0. The van der Waals surface area contributed by atoms with Gasteiger partial charge in [-0.05, 0) is 26.7 Å². The van der Waals surface area contributed by atoms with Crippen molar-refractivity contribution < 1.29 is 18.8 Å². The summed E-state index contributed by atoms with van der Waals surface area (Å²) in [5.74, 6) is -0.530. The fourth-order valence-corrected chi connectivity index (χ4v) is 5.17. The van der Waals surface area contributed by atoms with E-state index in [1.54, 1.807) is 26.2 Å². The minimum Gasteiger partial charge on any atom is -0.443 e. The number of fused-ring (bicyclic) bond motifs is 6. The molecule has 3 atom stereocenters. The van der Waals surface area contributed by atoms with E-state index >= 15 is 0 Å². The highest BCUT2D eigenvalue weighted by molar-refractivity contribution is 7.13. The Morgan fingerprint density at radius 2 is 1.70 bits per heavy atom. The molecule has 174 valence electrons. The molecule has 0 spiro atoms. The first-order valence-electron chi connectivity index (χ1n) is 10.4. The fourth-order valence-electron chi connectivity index (χ4n) is 3.33. The van der Waals surface area contributed by atoms with E-state index in [-0.39, 0.29) is 35.0 Å². The number of aryl methyl sites for hydroxylation is 1. The smallest absolute Gasteiger partial charge is 0.274 e. The van der Waals surface area contributed by atoms with Crippen LogP contribution in [-0.4, -0.2) is 32.7 Å². The molecule has 4 rings (SSSR count). The molecule has 12 heteroatoms. The zero-order chi connectivity index (χ0) is 23.9. The second kappa shape index (κ2) is 9.02. The van der Waals surface area contributed by atoms with E-state index in [4.69, 9.17) is 4.42 Å². The lowest BCUT2D eigenvalue weighted by molar-refractivity contribution is 0.0917. The van der Waals surface area contributed by atoms with Gasteiger partial charge in [-0.3, -0.25) is 14.4 Å². The molecular formula is C21H24N6O4S2. The van der Waals surface area contributed by atoms with Gasteiger partial charge in [0.2, 0.25) is 5.89 Å². The van der Waals surface area contributed by atoms with E-state index in [2.05, 4.69) is 30.9 Å². The second-order valence-corrected chi connectivity index (χ2v) is 10.1. The molecule has 0 saturated carbocycles. The van der Waals surface area contributed by atoms with Crippen LogP contribution in [0.2, 0.25) is 0 Å². The number of thiazole rings is 2. The van der Waals surface area contributed by atoms with Crippen molar-refractivity contribution in [3.05, 3.63) is 49.5 Å². The van der Waals surface area contributed by atoms with Crippen LogP contribution in [0, 0.1) is 12.8 Å². The molecule has 0 radical (unpaired) electrons. The molecule has 3 N–H and O–H groups in total. The first kappa shape index (κ1) is 23.1. The number of nitrogens with one attached hydrogen (secondary N) is 3. The summed E-state index contributed by atoms with van der Waals surface area (Å²) in [6, 6.07) is -1.40. The molecule has 33 heavy (non-hydrogen) atoms. The van der Waals surface area contributed by atoms with Gasteiger partial charge in [0.15, 0.2) is 5.69 Å². The summed E-state index contributed by atoms with van der Waals surface area (Å²) >= 11 is 2.49. The van der Waals surface area contributed by atoms with Gasteiger partial charge in [-0.1, -0.05) is 13.8 Å². The van der Waals surface area contributed by atoms with Gasteiger partial charge in [-0.2, -0.15) is 0 Å². The van der Waals surface area contributed by atoms with Crippen LogP contribution in [0.1, 0.15) is 98.1 Å². The zero-order valence-corrected chi connectivity index (χ0v) is 20.4.